The van der Waals surface area contributed by atoms with E-state index in [0.717, 1.165) is 18.3 Å². The number of alkyl halides is 3. The second-order valence-corrected chi connectivity index (χ2v) is 10.8. The van der Waals surface area contributed by atoms with Crippen LogP contribution in [0, 0.1) is 17.6 Å². The van der Waals surface area contributed by atoms with Gasteiger partial charge in [0.05, 0.1) is 11.1 Å². The number of pyridine rings is 2. The van der Waals surface area contributed by atoms with Crippen LogP contribution in [-0.4, -0.2) is 33.8 Å². The number of nitrogens with one attached hydrogen (secondary N) is 1. The van der Waals surface area contributed by atoms with E-state index in [1.54, 1.807) is 27.7 Å². The number of hydrogen-bond donors (Lipinski definition) is 1. The largest absolute Gasteiger partial charge is 0.475 e. The molecule has 1 unspecified atom stereocenters. The smallest absolute Gasteiger partial charge is 0.421 e. The number of carbonyl (C=O) groups excluding carboxylic acids is 1. The normalized spacial score (nSPS) is 13.9. The predicted octanol–water partition coefficient (Wildman–Crippen LogP) is 7.30. The van der Waals surface area contributed by atoms with Crippen LogP contribution in [0.25, 0.3) is 22.0 Å². The second-order valence-electron chi connectivity index (χ2n) is 10.8. The molecule has 3 aromatic rings. The maximum Gasteiger partial charge on any atom is 0.421 e. The van der Waals surface area contributed by atoms with Gasteiger partial charge < -0.3 is 14.8 Å². The number of aromatic nitrogens is 2. The molecule has 38 heavy (non-hydrogen) atoms. The number of amides is 1. The zero-order valence-corrected chi connectivity index (χ0v) is 22.0. The quantitative estimate of drug-likeness (QED) is 0.319. The highest BCUT2D eigenvalue weighted by molar-refractivity contribution is 5.94. The zero-order valence-electron chi connectivity index (χ0n) is 22.0. The van der Waals surface area contributed by atoms with E-state index in [1.165, 1.54) is 12.3 Å². The van der Waals surface area contributed by atoms with Crippen molar-refractivity contribution in [2.24, 2.45) is 5.92 Å². The summed E-state index contributed by atoms with van der Waals surface area (Å²) in [4.78, 5) is 20.2. The van der Waals surface area contributed by atoms with Crippen molar-refractivity contribution in [2.45, 2.75) is 65.3 Å². The fraction of sp³-hybridized carbons (Fsp3) is 0.444. The lowest BCUT2D eigenvalue weighted by Crippen LogP contribution is -2.52. The summed E-state index contributed by atoms with van der Waals surface area (Å²) >= 11 is 0. The first-order chi connectivity index (χ1) is 17.5. The lowest BCUT2D eigenvalue weighted by Gasteiger charge is -2.33. The number of ether oxygens (including phenoxy) is 2. The van der Waals surface area contributed by atoms with Gasteiger partial charge in [0.2, 0.25) is 5.88 Å². The van der Waals surface area contributed by atoms with Crippen LogP contribution in [0.1, 0.15) is 53.5 Å². The van der Waals surface area contributed by atoms with E-state index < -0.39 is 46.5 Å². The highest BCUT2D eigenvalue weighted by Crippen LogP contribution is 2.39. The van der Waals surface area contributed by atoms with Crippen LogP contribution in [0.5, 0.6) is 5.88 Å². The van der Waals surface area contributed by atoms with Gasteiger partial charge in [0, 0.05) is 35.5 Å². The molecule has 0 saturated heterocycles. The third kappa shape index (κ3) is 7.29. The topological polar surface area (TPSA) is 73.3 Å². The fourth-order valence-electron chi connectivity index (χ4n) is 4.19. The number of alkyl carbamates (subject to hydrolysis) is 1. The third-order valence-corrected chi connectivity index (χ3v) is 5.41. The maximum atomic E-state index is 14.6. The number of carbonyl (C=O) groups is 1. The van der Waals surface area contributed by atoms with E-state index in [9.17, 15) is 26.7 Å². The molecule has 0 radical (unpaired) electrons. The molecule has 0 saturated carbocycles. The molecule has 0 aliphatic heterocycles. The molecule has 1 N–H and O–H groups in total. The van der Waals surface area contributed by atoms with Gasteiger partial charge in [0.25, 0.3) is 0 Å². The first-order valence-electron chi connectivity index (χ1n) is 11.9. The van der Waals surface area contributed by atoms with Crippen molar-refractivity contribution in [1.29, 1.82) is 0 Å². The van der Waals surface area contributed by atoms with E-state index in [4.69, 9.17) is 9.47 Å². The first-order valence-corrected chi connectivity index (χ1v) is 11.9. The van der Waals surface area contributed by atoms with Crippen LogP contribution in [0.4, 0.5) is 26.7 Å². The molecule has 1 amide bonds. The lowest BCUT2D eigenvalue weighted by molar-refractivity contribution is -0.139. The Bertz CT molecular complexity index is 1320. The van der Waals surface area contributed by atoms with Crippen LogP contribution >= 0.6 is 0 Å². The molecule has 2 heterocycles. The minimum Gasteiger partial charge on any atom is -0.475 e. The predicted molar refractivity (Wildman–Crippen MR) is 133 cm³/mol. The lowest BCUT2D eigenvalue weighted by atomic mass is 9.91. The fourth-order valence-corrected chi connectivity index (χ4v) is 4.19. The molecule has 0 aliphatic rings. The van der Waals surface area contributed by atoms with Crippen molar-refractivity contribution >= 4 is 17.0 Å². The van der Waals surface area contributed by atoms with E-state index in [2.05, 4.69) is 15.3 Å². The van der Waals surface area contributed by atoms with E-state index in [0.29, 0.717) is 12.5 Å². The molecular weight excluding hydrogens is 509 g/mol. The third-order valence-electron chi connectivity index (χ3n) is 5.41. The Kier molecular flexibility index (Phi) is 8.18. The molecule has 206 valence electrons. The number of benzene rings is 1. The Balaban J connectivity index is 1.97. The highest BCUT2D eigenvalue weighted by Gasteiger charge is 2.38. The zero-order chi connectivity index (χ0) is 28.5. The molecule has 0 spiro atoms. The van der Waals surface area contributed by atoms with Crippen molar-refractivity contribution < 1.29 is 36.2 Å². The monoisotopic (exact) mass is 539 g/mol. The number of hydrogen-bond acceptors (Lipinski definition) is 5. The van der Waals surface area contributed by atoms with Gasteiger partial charge in [0.1, 0.15) is 29.4 Å². The molecule has 0 fully saturated rings. The minimum atomic E-state index is -4.86. The van der Waals surface area contributed by atoms with E-state index in [-0.39, 0.29) is 34.6 Å². The minimum absolute atomic E-state index is 0.0495. The van der Waals surface area contributed by atoms with Crippen LogP contribution in [0.15, 0.2) is 36.7 Å². The summed E-state index contributed by atoms with van der Waals surface area (Å²) in [5.74, 6) is -2.46. The van der Waals surface area contributed by atoms with E-state index in [1.807, 2.05) is 13.8 Å². The van der Waals surface area contributed by atoms with Crippen molar-refractivity contribution in [3.63, 3.8) is 0 Å². The molecule has 6 nitrogen and oxygen atoms in total. The summed E-state index contributed by atoms with van der Waals surface area (Å²) in [5.41, 5.74) is -3.08. The SMILES string of the molecule is CC(C)CC(C)(COc1ncc(-c2ccnc3cc(F)cc(F)c23)cc1C(F)(F)F)NC(=O)OC(C)(C)C. The Morgan fingerprint density at radius 1 is 1.05 bits per heavy atom. The van der Waals surface area contributed by atoms with Crippen molar-refractivity contribution in [1.82, 2.24) is 15.3 Å². The van der Waals surface area contributed by atoms with Gasteiger partial charge >= 0.3 is 12.3 Å². The maximum absolute atomic E-state index is 14.6. The van der Waals surface area contributed by atoms with Crippen LogP contribution in [0.2, 0.25) is 0 Å². The number of halogens is 5. The molecule has 2 aromatic heterocycles. The summed E-state index contributed by atoms with van der Waals surface area (Å²) in [6, 6.07) is 3.74. The number of fused-ring (bicyclic) bond motifs is 1. The van der Waals surface area contributed by atoms with Gasteiger partial charge in [-0.05, 0) is 57.7 Å². The molecule has 1 aromatic carbocycles. The summed E-state index contributed by atoms with van der Waals surface area (Å²) in [6.45, 7) is 10.2. The van der Waals surface area contributed by atoms with Gasteiger partial charge in [0.15, 0.2) is 0 Å². The summed E-state index contributed by atoms with van der Waals surface area (Å²) in [6.07, 6.45) is -2.85. The summed E-state index contributed by atoms with van der Waals surface area (Å²) < 4.78 is 81.3. The highest BCUT2D eigenvalue weighted by atomic mass is 19.4. The first kappa shape index (κ1) is 29.1. The van der Waals surface area contributed by atoms with Gasteiger partial charge in [-0.1, -0.05) is 13.8 Å². The molecule has 11 heteroatoms. The molecule has 0 bridgehead atoms. The number of rotatable bonds is 7. The molecule has 3 rings (SSSR count). The van der Waals surface area contributed by atoms with Crippen LogP contribution in [0.3, 0.4) is 0 Å². The summed E-state index contributed by atoms with van der Waals surface area (Å²) in [7, 11) is 0. The Hall–Kier alpha value is -3.50. The summed E-state index contributed by atoms with van der Waals surface area (Å²) in [5, 5.41) is 2.57. The van der Waals surface area contributed by atoms with Crippen LogP contribution in [-0.2, 0) is 10.9 Å². The van der Waals surface area contributed by atoms with Crippen LogP contribution < -0.4 is 10.1 Å². The van der Waals surface area contributed by atoms with Crippen molar-refractivity contribution in [2.75, 3.05) is 6.61 Å². The van der Waals surface area contributed by atoms with E-state index >= 15 is 0 Å². The number of nitrogens with zero attached hydrogens (tertiary/aromatic N) is 2. The van der Waals surface area contributed by atoms with Gasteiger partial charge in [-0.25, -0.2) is 18.6 Å². The molecule has 0 aliphatic carbocycles. The van der Waals surface area contributed by atoms with Gasteiger partial charge in [-0.15, -0.1) is 0 Å². The Labute approximate surface area is 217 Å². The standard InChI is InChI=1S/C27H30F5N3O3/c1-15(2)12-26(6,35-24(36)38-25(3,4)5)14-37-23-19(27(30,31)32)9-16(13-34-23)18-7-8-33-21-11-17(28)10-20(29)22(18)21/h7-11,13,15H,12,14H2,1-6H3,(H,35,36). The van der Waals surface area contributed by atoms with Crippen molar-refractivity contribution in [3.05, 3.63) is 53.9 Å². The molecular formula is C27H30F5N3O3. The Morgan fingerprint density at radius 3 is 2.34 bits per heavy atom. The second kappa shape index (κ2) is 10.7. The van der Waals surface area contributed by atoms with Gasteiger partial charge in [-0.3, -0.25) is 4.98 Å². The Morgan fingerprint density at radius 2 is 1.74 bits per heavy atom. The average Bonchev–Trinajstić information content (AvgIpc) is 2.74. The van der Waals surface area contributed by atoms with Gasteiger partial charge in [-0.2, -0.15) is 13.2 Å². The average molecular weight is 540 g/mol. The van der Waals surface area contributed by atoms with Crippen molar-refractivity contribution in [3.8, 4) is 17.0 Å². The molecule has 1 atom stereocenters.